The standard InChI is InChI=1S/C21H24N6O2/c1-15-3-11-19(12-4-15)29-14-13-26(2)21(28)22-17-7-5-16(6-8-17)20-23-24-25-27(20)18-9-10-18/h3-8,11-12,18H,9-10,13-14H2,1-2H3,(H,22,28). The number of nitrogens with zero attached hydrogens (tertiary/aromatic N) is 5. The zero-order valence-electron chi connectivity index (χ0n) is 16.6. The number of nitrogens with one attached hydrogen (secondary N) is 1. The smallest absolute Gasteiger partial charge is 0.321 e. The summed E-state index contributed by atoms with van der Waals surface area (Å²) in [5.74, 6) is 1.56. The topological polar surface area (TPSA) is 85.2 Å². The van der Waals surface area contributed by atoms with E-state index in [1.807, 2.05) is 60.1 Å². The number of hydrogen-bond donors (Lipinski definition) is 1. The molecule has 1 aliphatic rings. The molecule has 2 aromatic carbocycles. The van der Waals surface area contributed by atoms with Gasteiger partial charge in [-0.3, -0.25) is 0 Å². The second-order valence-electron chi connectivity index (χ2n) is 7.27. The molecule has 0 atom stereocenters. The third-order valence-electron chi connectivity index (χ3n) is 4.84. The minimum absolute atomic E-state index is 0.187. The Morgan fingerprint density at radius 2 is 1.90 bits per heavy atom. The number of amides is 2. The molecule has 8 heteroatoms. The van der Waals surface area contributed by atoms with Crippen LogP contribution in [0.1, 0.15) is 24.4 Å². The highest BCUT2D eigenvalue weighted by atomic mass is 16.5. The molecule has 8 nitrogen and oxygen atoms in total. The maximum atomic E-state index is 12.4. The number of ether oxygens (including phenoxy) is 1. The van der Waals surface area contributed by atoms with Gasteiger partial charge in [-0.2, -0.15) is 0 Å². The van der Waals surface area contributed by atoms with Gasteiger partial charge in [0.1, 0.15) is 12.4 Å². The van der Waals surface area contributed by atoms with E-state index < -0.39 is 0 Å². The van der Waals surface area contributed by atoms with E-state index in [-0.39, 0.29) is 6.03 Å². The van der Waals surface area contributed by atoms with E-state index in [2.05, 4.69) is 20.8 Å². The molecule has 150 valence electrons. The second kappa shape index (κ2) is 8.30. The van der Waals surface area contributed by atoms with E-state index in [1.165, 1.54) is 5.56 Å². The maximum Gasteiger partial charge on any atom is 0.321 e. The second-order valence-corrected chi connectivity index (χ2v) is 7.27. The summed E-state index contributed by atoms with van der Waals surface area (Å²) in [5, 5.41) is 14.9. The van der Waals surface area contributed by atoms with E-state index in [1.54, 1.807) is 11.9 Å². The summed E-state index contributed by atoms with van der Waals surface area (Å²) in [6.07, 6.45) is 2.23. The summed E-state index contributed by atoms with van der Waals surface area (Å²) < 4.78 is 7.55. The molecule has 0 saturated heterocycles. The van der Waals surface area contributed by atoms with Gasteiger partial charge in [-0.25, -0.2) is 9.48 Å². The van der Waals surface area contributed by atoms with Crippen molar-refractivity contribution in [2.75, 3.05) is 25.5 Å². The van der Waals surface area contributed by atoms with Gasteiger partial charge < -0.3 is 15.0 Å². The van der Waals surface area contributed by atoms with Crippen LogP contribution in [0.5, 0.6) is 5.75 Å². The first-order chi connectivity index (χ1) is 14.1. The van der Waals surface area contributed by atoms with Crippen molar-refractivity contribution in [2.24, 2.45) is 0 Å². The van der Waals surface area contributed by atoms with Gasteiger partial charge in [0.15, 0.2) is 5.82 Å². The van der Waals surface area contributed by atoms with Crippen LogP contribution >= 0.6 is 0 Å². The first-order valence-corrected chi connectivity index (χ1v) is 9.70. The Kier molecular flexibility index (Phi) is 5.41. The monoisotopic (exact) mass is 392 g/mol. The van der Waals surface area contributed by atoms with E-state index in [0.717, 1.165) is 35.7 Å². The highest BCUT2D eigenvalue weighted by Crippen LogP contribution is 2.36. The maximum absolute atomic E-state index is 12.4. The lowest BCUT2D eigenvalue weighted by molar-refractivity contribution is 0.207. The molecule has 1 N–H and O–H groups in total. The average molecular weight is 392 g/mol. The van der Waals surface area contributed by atoms with Crippen molar-refractivity contribution in [1.29, 1.82) is 0 Å². The Hall–Kier alpha value is -3.42. The number of tetrazole rings is 1. The molecule has 1 saturated carbocycles. The van der Waals surface area contributed by atoms with E-state index in [4.69, 9.17) is 4.74 Å². The Labute approximate surface area is 169 Å². The fourth-order valence-electron chi connectivity index (χ4n) is 2.91. The van der Waals surface area contributed by atoms with Crippen molar-refractivity contribution >= 4 is 11.7 Å². The van der Waals surface area contributed by atoms with Gasteiger partial charge in [-0.05, 0) is 66.6 Å². The average Bonchev–Trinajstić information content (AvgIpc) is 3.46. The fraction of sp³-hybridized carbons (Fsp3) is 0.333. The molecule has 0 unspecified atom stereocenters. The molecular weight excluding hydrogens is 368 g/mol. The molecule has 1 aliphatic carbocycles. The molecule has 0 spiro atoms. The van der Waals surface area contributed by atoms with Crippen LogP contribution in [-0.4, -0.2) is 51.3 Å². The molecule has 4 rings (SSSR count). The van der Waals surface area contributed by atoms with Crippen LogP contribution in [0.4, 0.5) is 10.5 Å². The molecule has 0 bridgehead atoms. The molecule has 3 aromatic rings. The number of aryl methyl sites for hydroxylation is 1. The number of hydrogen-bond acceptors (Lipinski definition) is 5. The zero-order valence-corrected chi connectivity index (χ0v) is 16.6. The summed E-state index contributed by atoms with van der Waals surface area (Å²) in [7, 11) is 1.74. The van der Waals surface area contributed by atoms with Crippen LogP contribution in [0.2, 0.25) is 0 Å². The number of urea groups is 1. The Morgan fingerprint density at radius 3 is 2.59 bits per heavy atom. The van der Waals surface area contributed by atoms with Crippen LogP contribution in [0.15, 0.2) is 48.5 Å². The van der Waals surface area contributed by atoms with Gasteiger partial charge in [0.25, 0.3) is 0 Å². The van der Waals surface area contributed by atoms with Gasteiger partial charge in [0.05, 0.1) is 12.6 Å². The molecule has 0 radical (unpaired) electrons. The summed E-state index contributed by atoms with van der Waals surface area (Å²) in [6.45, 7) is 2.94. The number of carbonyl (C=O) groups is 1. The van der Waals surface area contributed by atoms with Gasteiger partial charge in [0, 0.05) is 18.3 Å². The number of carbonyl (C=O) groups excluding carboxylic acids is 1. The van der Waals surface area contributed by atoms with E-state index >= 15 is 0 Å². The van der Waals surface area contributed by atoms with Crippen molar-refractivity contribution in [2.45, 2.75) is 25.8 Å². The molecule has 1 fully saturated rings. The largest absolute Gasteiger partial charge is 0.492 e. The lowest BCUT2D eigenvalue weighted by atomic mass is 10.2. The van der Waals surface area contributed by atoms with Crippen LogP contribution in [0.25, 0.3) is 11.4 Å². The van der Waals surface area contributed by atoms with Crippen molar-refractivity contribution in [3.8, 4) is 17.1 Å². The summed E-state index contributed by atoms with van der Waals surface area (Å²) in [4.78, 5) is 14.0. The highest BCUT2D eigenvalue weighted by Gasteiger charge is 2.28. The summed E-state index contributed by atoms with van der Waals surface area (Å²) in [6, 6.07) is 15.6. The Morgan fingerprint density at radius 1 is 1.17 bits per heavy atom. The van der Waals surface area contributed by atoms with Crippen molar-refractivity contribution in [1.82, 2.24) is 25.1 Å². The lowest BCUT2D eigenvalue weighted by Gasteiger charge is -2.18. The summed E-state index contributed by atoms with van der Waals surface area (Å²) >= 11 is 0. The van der Waals surface area contributed by atoms with Gasteiger partial charge >= 0.3 is 6.03 Å². The van der Waals surface area contributed by atoms with E-state index in [9.17, 15) is 4.79 Å². The molecule has 1 aromatic heterocycles. The first-order valence-electron chi connectivity index (χ1n) is 9.70. The fourth-order valence-corrected chi connectivity index (χ4v) is 2.91. The Bertz CT molecular complexity index is 964. The van der Waals surface area contributed by atoms with Crippen LogP contribution in [0.3, 0.4) is 0 Å². The molecule has 2 amide bonds. The molecule has 29 heavy (non-hydrogen) atoms. The molecule has 0 aliphatic heterocycles. The normalized spacial score (nSPS) is 13.2. The van der Waals surface area contributed by atoms with Gasteiger partial charge in [-0.1, -0.05) is 17.7 Å². The quantitative estimate of drug-likeness (QED) is 0.665. The predicted octanol–water partition coefficient (Wildman–Crippen LogP) is 3.53. The van der Waals surface area contributed by atoms with Crippen LogP contribution in [-0.2, 0) is 0 Å². The Balaban J connectivity index is 1.28. The third kappa shape index (κ3) is 4.71. The van der Waals surface area contributed by atoms with E-state index in [0.29, 0.717) is 19.2 Å². The molecular formula is C21H24N6O2. The highest BCUT2D eigenvalue weighted by molar-refractivity contribution is 5.89. The third-order valence-corrected chi connectivity index (χ3v) is 4.84. The van der Waals surface area contributed by atoms with Crippen LogP contribution in [0, 0.1) is 6.92 Å². The summed E-state index contributed by atoms with van der Waals surface area (Å²) in [5.41, 5.74) is 2.83. The minimum Gasteiger partial charge on any atom is -0.492 e. The first kappa shape index (κ1) is 18.9. The SMILES string of the molecule is Cc1ccc(OCCN(C)C(=O)Nc2ccc(-c3nnnn3C3CC3)cc2)cc1. The van der Waals surface area contributed by atoms with Crippen LogP contribution < -0.4 is 10.1 Å². The predicted molar refractivity (Wildman–Crippen MR) is 110 cm³/mol. The number of likely N-dealkylation sites (N-methyl/N-ethyl adjacent to an activating group) is 1. The van der Waals surface area contributed by atoms with Crippen molar-refractivity contribution in [3.05, 3.63) is 54.1 Å². The van der Waals surface area contributed by atoms with Gasteiger partial charge in [0.2, 0.25) is 0 Å². The number of anilines is 1. The molecule has 1 heterocycles. The zero-order chi connectivity index (χ0) is 20.2. The van der Waals surface area contributed by atoms with Crippen molar-refractivity contribution < 1.29 is 9.53 Å². The van der Waals surface area contributed by atoms with Gasteiger partial charge in [-0.15, -0.1) is 5.10 Å². The van der Waals surface area contributed by atoms with Crippen molar-refractivity contribution in [3.63, 3.8) is 0 Å². The number of rotatable bonds is 7. The lowest BCUT2D eigenvalue weighted by Crippen LogP contribution is -2.34. The minimum atomic E-state index is -0.187. The number of aromatic nitrogens is 4. The number of benzene rings is 2.